The predicted molar refractivity (Wildman–Crippen MR) is 78.0 cm³/mol. The molecule has 0 aliphatic rings. The van der Waals surface area contributed by atoms with Crippen molar-refractivity contribution >= 4 is 17.7 Å². The highest BCUT2D eigenvalue weighted by Crippen LogP contribution is 2.17. The molecule has 0 aliphatic heterocycles. The van der Waals surface area contributed by atoms with Gasteiger partial charge in [-0.1, -0.05) is 32.5 Å². The van der Waals surface area contributed by atoms with Crippen molar-refractivity contribution in [3.63, 3.8) is 0 Å². The Kier molecular flexibility index (Phi) is 7.61. The number of aromatic nitrogens is 3. The van der Waals surface area contributed by atoms with Crippen molar-refractivity contribution in [2.45, 2.75) is 45.3 Å². The first kappa shape index (κ1) is 17.0. The molecule has 0 saturated heterocycles. The van der Waals surface area contributed by atoms with Crippen LogP contribution in [0.2, 0.25) is 0 Å². The molecule has 0 aliphatic carbocycles. The monoisotopic (exact) mass is 301 g/mol. The summed E-state index contributed by atoms with van der Waals surface area (Å²) < 4.78 is 7.54. The van der Waals surface area contributed by atoms with E-state index in [-0.39, 0.29) is 5.75 Å². The molecule has 7 heteroatoms. The van der Waals surface area contributed by atoms with E-state index >= 15 is 0 Å². The average molecular weight is 301 g/mol. The van der Waals surface area contributed by atoms with Gasteiger partial charge in [0.05, 0.1) is 5.75 Å². The summed E-state index contributed by atoms with van der Waals surface area (Å²) in [6, 6.07) is 0. The lowest BCUT2D eigenvalue weighted by Crippen LogP contribution is -2.10. The molecular weight excluding hydrogens is 278 g/mol. The third-order valence-corrected chi connectivity index (χ3v) is 3.51. The van der Waals surface area contributed by atoms with Gasteiger partial charge in [-0.3, -0.25) is 4.79 Å². The van der Waals surface area contributed by atoms with E-state index in [1.165, 1.54) is 11.8 Å². The van der Waals surface area contributed by atoms with Crippen LogP contribution in [0, 0.1) is 5.92 Å². The molecule has 0 radical (unpaired) electrons. The van der Waals surface area contributed by atoms with Crippen molar-refractivity contribution in [2.75, 3.05) is 19.0 Å². The zero-order chi connectivity index (χ0) is 15.0. The second-order valence-corrected chi connectivity index (χ2v) is 5.85. The van der Waals surface area contributed by atoms with E-state index in [9.17, 15) is 4.79 Å². The summed E-state index contributed by atoms with van der Waals surface area (Å²) in [5, 5.41) is 17.6. The van der Waals surface area contributed by atoms with Gasteiger partial charge in [-0.05, 0) is 12.3 Å². The summed E-state index contributed by atoms with van der Waals surface area (Å²) in [4.78, 5) is 10.6. The molecular formula is C13H23N3O3S. The van der Waals surface area contributed by atoms with Crippen LogP contribution in [-0.4, -0.2) is 44.8 Å². The molecule has 0 bridgehead atoms. The van der Waals surface area contributed by atoms with Crippen LogP contribution in [0.15, 0.2) is 5.16 Å². The number of rotatable bonds is 10. The number of hydrogen-bond donors (Lipinski definition) is 1. The minimum absolute atomic E-state index is 0.00565. The highest BCUT2D eigenvalue weighted by Gasteiger charge is 2.12. The average Bonchev–Trinajstić information content (AvgIpc) is 2.77. The van der Waals surface area contributed by atoms with Gasteiger partial charge in [0.2, 0.25) is 0 Å². The lowest BCUT2D eigenvalue weighted by atomic mass is 10.2. The molecule has 1 N–H and O–H groups in total. The number of ether oxygens (including phenoxy) is 1. The summed E-state index contributed by atoms with van der Waals surface area (Å²) >= 11 is 1.21. The van der Waals surface area contributed by atoms with Crippen LogP contribution in [0.1, 0.15) is 33.0 Å². The zero-order valence-corrected chi connectivity index (χ0v) is 13.2. The Morgan fingerprint density at radius 2 is 2.20 bits per heavy atom. The first-order valence-corrected chi connectivity index (χ1v) is 7.87. The molecule has 20 heavy (non-hydrogen) atoms. The maximum Gasteiger partial charge on any atom is 0.313 e. The first-order chi connectivity index (χ1) is 9.54. The Morgan fingerprint density at radius 3 is 2.80 bits per heavy atom. The third-order valence-electron chi connectivity index (χ3n) is 2.56. The lowest BCUT2D eigenvalue weighted by Gasteiger charge is -2.10. The lowest BCUT2D eigenvalue weighted by molar-refractivity contribution is -0.133. The molecule has 1 aromatic heterocycles. The summed E-state index contributed by atoms with van der Waals surface area (Å²) in [5.41, 5.74) is 0. The molecule has 1 aromatic rings. The van der Waals surface area contributed by atoms with Crippen LogP contribution in [-0.2, 0) is 22.5 Å². The molecule has 0 saturated carbocycles. The van der Waals surface area contributed by atoms with Crippen LogP contribution < -0.4 is 0 Å². The number of thioether (sulfide) groups is 1. The van der Waals surface area contributed by atoms with Crippen molar-refractivity contribution < 1.29 is 14.6 Å². The summed E-state index contributed by atoms with van der Waals surface area (Å²) in [6.07, 6.45) is 1.66. The van der Waals surface area contributed by atoms with Gasteiger partial charge in [0.15, 0.2) is 5.16 Å². The van der Waals surface area contributed by atoms with Gasteiger partial charge in [-0.2, -0.15) is 0 Å². The SMILES string of the molecule is CCc1nnc(SCC(=O)O)n1CCCOCC(C)C. The number of aryl methyl sites for hydroxylation is 1. The maximum atomic E-state index is 10.6. The van der Waals surface area contributed by atoms with E-state index in [0.29, 0.717) is 17.7 Å². The Balaban J connectivity index is 2.48. The summed E-state index contributed by atoms with van der Waals surface area (Å²) in [5.74, 6) is 0.591. The minimum atomic E-state index is -0.845. The minimum Gasteiger partial charge on any atom is -0.481 e. The third kappa shape index (κ3) is 5.92. The van der Waals surface area contributed by atoms with E-state index in [1.54, 1.807) is 0 Å². The van der Waals surface area contributed by atoms with Crippen LogP contribution in [0.3, 0.4) is 0 Å². The fraction of sp³-hybridized carbons (Fsp3) is 0.769. The fourth-order valence-corrected chi connectivity index (χ4v) is 2.39. The fourth-order valence-electron chi connectivity index (χ4n) is 1.68. The highest BCUT2D eigenvalue weighted by molar-refractivity contribution is 7.99. The maximum absolute atomic E-state index is 10.6. The Labute approximate surface area is 123 Å². The van der Waals surface area contributed by atoms with E-state index in [2.05, 4.69) is 24.0 Å². The van der Waals surface area contributed by atoms with E-state index in [0.717, 1.165) is 31.8 Å². The van der Waals surface area contributed by atoms with Crippen molar-refractivity contribution in [3.8, 4) is 0 Å². The van der Waals surface area contributed by atoms with Gasteiger partial charge >= 0.3 is 5.97 Å². The van der Waals surface area contributed by atoms with E-state index in [1.807, 2.05) is 11.5 Å². The number of carbonyl (C=O) groups is 1. The number of carboxylic acids is 1. The molecule has 1 heterocycles. The molecule has 0 fully saturated rings. The van der Waals surface area contributed by atoms with Crippen LogP contribution in [0.4, 0.5) is 0 Å². The number of aliphatic carboxylic acids is 1. The molecule has 6 nitrogen and oxygen atoms in total. The molecule has 1 rings (SSSR count). The molecule has 114 valence electrons. The van der Waals surface area contributed by atoms with Crippen LogP contribution in [0.5, 0.6) is 0 Å². The van der Waals surface area contributed by atoms with E-state index in [4.69, 9.17) is 9.84 Å². The number of carboxylic acid groups (broad SMARTS) is 1. The normalized spacial score (nSPS) is 11.2. The van der Waals surface area contributed by atoms with E-state index < -0.39 is 5.97 Å². The van der Waals surface area contributed by atoms with Gasteiger partial charge in [0.25, 0.3) is 0 Å². The van der Waals surface area contributed by atoms with Gasteiger partial charge in [0.1, 0.15) is 5.82 Å². The molecule has 0 atom stereocenters. The summed E-state index contributed by atoms with van der Waals surface area (Å²) in [7, 11) is 0. The topological polar surface area (TPSA) is 77.2 Å². The second kappa shape index (κ2) is 8.97. The van der Waals surface area contributed by atoms with Gasteiger partial charge in [-0.25, -0.2) is 0 Å². The van der Waals surface area contributed by atoms with Gasteiger partial charge in [0, 0.05) is 26.2 Å². The number of nitrogens with zero attached hydrogens (tertiary/aromatic N) is 3. The summed E-state index contributed by atoms with van der Waals surface area (Å²) in [6.45, 7) is 8.48. The molecule has 0 aromatic carbocycles. The quantitative estimate of drug-likeness (QED) is 0.526. The van der Waals surface area contributed by atoms with Crippen molar-refractivity contribution in [2.24, 2.45) is 5.92 Å². The smallest absolute Gasteiger partial charge is 0.313 e. The zero-order valence-electron chi connectivity index (χ0n) is 12.3. The van der Waals surface area contributed by atoms with Gasteiger partial charge < -0.3 is 14.4 Å². The Bertz CT molecular complexity index is 421. The van der Waals surface area contributed by atoms with Crippen LogP contribution >= 0.6 is 11.8 Å². The largest absolute Gasteiger partial charge is 0.481 e. The predicted octanol–water partition coefficient (Wildman–Crippen LogP) is 2.08. The van der Waals surface area contributed by atoms with Crippen molar-refractivity contribution in [3.05, 3.63) is 5.82 Å². The van der Waals surface area contributed by atoms with Crippen molar-refractivity contribution in [1.29, 1.82) is 0 Å². The highest BCUT2D eigenvalue weighted by atomic mass is 32.2. The molecule has 0 amide bonds. The molecule has 0 spiro atoms. The van der Waals surface area contributed by atoms with Crippen LogP contribution in [0.25, 0.3) is 0 Å². The Hall–Kier alpha value is -1.08. The second-order valence-electron chi connectivity index (χ2n) is 4.91. The Morgan fingerprint density at radius 1 is 1.45 bits per heavy atom. The standard InChI is InChI=1S/C13H23N3O3S/c1-4-11-14-15-13(20-9-12(17)18)16(11)6-5-7-19-8-10(2)3/h10H,4-9H2,1-3H3,(H,17,18). The molecule has 0 unspecified atom stereocenters. The van der Waals surface area contributed by atoms with Gasteiger partial charge in [-0.15, -0.1) is 10.2 Å². The first-order valence-electron chi connectivity index (χ1n) is 6.89. The number of hydrogen-bond acceptors (Lipinski definition) is 5. The van der Waals surface area contributed by atoms with Crippen molar-refractivity contribution in [1.82, 2.24) is 14.8 Å².